The third-order valence-electron chi connectivity index (χ3n) is 1.99. The monoisotopic (exact) mass is 271 g/mol. The van der Waals surface area contributed by atoms with Crippen LogP contribution in [0.2, 0.25) is 0 Å². The van der Waals surface area contributed by atoms with Crippen LogP contribution in [-0.4, -0.2) is 6.61 Å². The zero-order valence-corrected chi connectivity index (χ0v) is 10.1. The number of nitrogens with two attached hydrogens (primary N) is 1. The van der Waals surface area contributed by atoms with Crippen molar-refractivity contribution in [1.29, 1.82) is 0 Å². The van der Waals surface area contributed by atoms with Gasteiger partial charge in [0.15, 0.2) is 0 Å². The molecule has 2 rings (SSSR count). The largest absolute Gasteiger partial charge is 0.492 e. The first-order valence-electron chi connectivity index (χ1n) is 4.32. The zero-order chi connectivity index (χ0) is 10.1. The van der Waals surface area contributed by atoms with Crippen molar-refractivity contribution < 1.29 is 4.74 Å². The number of fused-ring (bicyclic) bond motifs is 1. The molecule has 0 amide bonds. The van der Waals surface area contributed by atoms with Crippen LogP contribution in [0.4, 0.5) is 5.69 Å². The molecule has 0 aliphatic heterocycles. The number of anilines is 1. The van der Waals surface area contributed by atoms with Gasteiger partial charge in [0.1, 0.15) is 5.75 Å². The molecule has 0 saturated carbocycles. The topological polar surface area (TPSA) is 35.2 Å². The van der Waals surface area contributed by atoms with Crippen molar-refractivity contribution in [2.45, 2.75) is 6.92 Å². The lowest BCUT2D eigenvalue weighted by Crippen LogP contribution is -1.94. The van der Waals surface area contributed by atoms with E-state index in [0.29, 0.717) is 6.61 Å². The highest BCUT2D eigenvalue weighted by molar-refractivity contribution is 9.10. The van der Waals surface area contributed by atoms with E-state index < -0.39 is 0 Å². The fourth-order valence-electron chi connectivity index (χ4n) is 1.36. The minimum absolute atomic E-state index is 0.670. The van der Waals surface area contributed by atoms with Gasteiger partial charge in [0.2, 0.25) is 0 Å². The molecule has 0 aliphatic carbocycles. The molecule has 1 aromatic heterocycles. The lowest BCUT2D eigenvalue weighted by molar-refractivity contribution is 0.344. The second-order valence-corrected chi connectivity index (χ2v) is 4.64. The Morgan fingerprint density at radius 3 is 3.07 bits per heavy atom. The minimum atomic E-state index is 0.670. The fourth-order valence-corrected chi connectivity index (χ4v) is 2.66. The van der Waals surface area contributed by atoms with Crippen molar-refractivity contribution >= 4 is 43.0 Å². The summed E-state index contributed by atoms with van der Waals surface area (Å²) in [6.07, 6.45) is 0. The predicted molar refractivity (Wildman–Crippen MR) is 65.1 cm³/mol. The second-order valence-electron chi connectivity index (χ2n) is 2.87. The summed E-state index contributed by atoms with van der Waals surface area (Å²) in [5, 5.41) is 3.09. The summed E-state index contributed by atoms with van der Waals surface area (Å²) < 4.78 is 7.55. The normalized spacial score (nSPS) is 10.7. The fraction of sp³-hybridized carbons (Fsp3) is 0.200. The predicted octanol–water partition coefficient (Wildman–Crippen LogP) is 3.64. The standard InChI is InChI=1S/C10H10BrNOS/c1-2-13-8-5-7(11)9(12)6-3-4-14-10(6)8/h3-5H,2,12H2,1H3. The van der Waals surface area contributed by atoms with Gasteiger partial charge >= 0.3 is 0 Å². The number of benzene rings is 1. The van der Waals surface area contributed by atoms with Crippen LogP contribution in [0, 0.1) is 0 Å². The summed E-state index contributed by atoms with van der Waals surface area (Å²) in [6.45, 7) is 2.65. The van der Waals surface area contributed by atoms with E-state index in [1.54, 1.807) is 11.3 Å². The Bertz CT molecular complexity index is 466. The SMILES string of the molecule is CCOc1cc(Br)c(N)c2ccsc12. The summed E-state index contributed by atoms with van der Waals surface area (Å²) in [5.74, 6) is 0.901. The van der Waals surface area contributed by atoms with Crippen LogP contribution < -0.4 is 10.5 Å². The van der Waals surface area contributed by atoms with E-state index in [2.05, 4.69) is 15.9 Å². The molecule has 0 saturated heterocycles. The molecular weight excluding hydrogens is 262 g/mol. The smallest absolute Gasteiger partial charge is 0.138 e. The quantitative estimate of drug-likeness (QED) is 0.847. The lowest BCUT2D eigenvalue weighted by atomic mass is 10.2. The summed E-state index contributed by atoms with van der Waals surface area (Å²) in [7, 11) is 0. The molecule has 1 heterocycles. The number of thiophene rings is 1. The lowest BCUT2D eigenvalue weighted by Gasteiger charge is -2.07. The van der Waals surface area contributed by atoms with E-state index in [4.69, 9.17) is 10.5 Å². The first-order valence-corrected chi connectivity index (χ1v) is 5.99. The van der Waals surface area contributed by atoms with Crippen molar-refractivity contribution in [3.8, 4) is 5.75 Å². The average molecular weight is 272 g/mol. The molecule has 74 valence electrons. The maximum Gasteiger partial charge on any atom is 0.138 e. The average Bonchev–Trinajstić information content (AvgIpc) is 2.63. The van der Waals surface area contributed by atoms with Crippen molar-refractivity contribution in [2.75, 3.05) is 12.3 Å². The molecule has 2 nitrogen and oxygen atoms in total. The van der Waals surface area contributed by atoms with Gasteiger partial charge in [-0.1, -0.05) is 0 Å². The van der Waals surface area contributed by atoms with Gasteiger partial charge in [0, 0.05) is 9.86 Å². The van der Waals surface area contributed by atoms with Gasteiger partial charge in [0.25, 0.3) is 0 Å². The van der Waals surface area contributed by atoms with Gasteiger partial charge < -0.3 is 10.5 Å². The molecule has 0 atom stereocenters. The van der Waals surface area contributed by atoms with E-state index in [9.17, 15) is 0 Å². The minimum Gasteiger partial charge on any atom is -0.492 e. The number of rotatable bonds is 2. The van der Waals surface area contributed by atoms with Crippen LogP contribution in [0.1, 0.15) is 6.92 Å². The van der Waals surface area contributed by atoms with Crippen LogP contribution in [0.25, 0.3) is 10.1 Å². The molecule has 0 spiro atoms. The van der Waals surface area contributed by atoms with Crippen molar-refractivity contribution in [2.24, 2.45) is 0 Å². The van der Waals surface area contributed by atoms with E-state index in [1.807, 2.05) is 24.4 Å². The first kappa shape index (κ1) is 9.80. The van der Waals surface area contributed by atoms with E-state index in [1.165, 1.54) is 0 Å². The van der Waals surface area contributed by atoms with E-state index in [-0.39, 0.29) is 0 Å². The number of hydrogen-bond acceptors (Lipinski definition) is 3. The van der Waals surface area contributed by atoms with Crippen LogP contribution in [0.15, 0.2) is 22.0 Å². The Hall–Kier alpha value is -0.740. The molecule has 0 bridgehead atoms. The molecule has 2 N–H and O–H groups in total. The van der Waals surface area contributed by atoms with Gasteiger partial charge in [-0.2, -0.15) is 0 Å². The molecule has 2 aromatic rings. The van der Waals surface area contributed by atoms with Gasteiger partial charge in [-0.25, -0.2) is 0 Å². The Balaban J connectivity index is 2.71. The highest BCUT2D eigenvalue weighted by Gasteiger charge is 2.09. The molecule has 14 heavy (non-hydrogen) atoms. The molecule has 0 radical (unpaired) electrons. The van der Waals surface area contributed by atoms with Crippen molar-refractivity contribution in [1.82, 2.24) is 0 Å². The second kappa shape index (κ2) is 3.79. The summed E-state index contributed by atoms with van der Waals surface area (Å²) in [4.78, 5) is 0. The third kappa shape index (κ3) is 1.48. The summed E-state index contributed by atoms with van der Waals surface area (Å²) >= 11 is 5.07. The van der Waals surface area contributed by atoms with Crippen LogP contribution in [0.5, 0.6) is 5.75 Å². The highest BCUT2D eigenvalue weighted by Crippen LogP contribution is 2.39. The molecule has 1 aromatic carbocycles. The Labute approximate surface area is 94.8 Å². The molecular formula is C10H10BrNOS. The van der Waals surface area contributed by atoms with Gasteiger partial charge in [-0.15, -0.1) is 11.3 Å². The number of hydrogen-bond donors (Lipinski definition) is 1. The van der Waals surface area contributed by atoms with Crippen LogP contribution in [-0.2, 0) is 0 Å². The summed E-state index contributed by atoms with van der Waals surface area (Å²) in [6, 6.07) is 3.94. The maximum absolute atomic E-state index is 5.93. The summed E-state index contributed by atoms with van der Waals surface area (Å²) in [5.41, 5.74) is 6.71. The van der Waals surface area contributed by atoms with Gasteiger partial charge in [0.05, 0.1) is 17.0 Å². The van der Waals surface area contributed by atoms with Crippen LogP contribution >= 0.6 is 27.3 Å². The third-order valence-corrected chi connectivity index (χ3v) is 3.58. The number of ether oxygens (including phenoxy) is 1. The maximum atomic E-state index is 5.93. The van der Waals surface area contributed by atoms with Crippen LogP contribution in [0.3, 0.4) is 0 Å². The van der Waals surface area contributed by atoms with Crippen molar-refractivity contribution in [3.63, 3.8) is 0 Å². The van der Waals surface area contributed by atoms with Gasteiger partial charge in [-0.05, 0) is 40.4 Å². The number of nitrogen functional groups attached to an aromatic ring is 1. The Morgan fingerprint density at radius 1 is 1.57 bits per heavy atom. The Morgan fingerprint density at radius 2 is 2.36 bits per heavy atom. The first-order chi connectivity index (χ1) is 6.74. The van der Waals surface area contributed by atoms with E-state index in [0.717, 1.165) is 26.0 Å². The molecule has 0 fully saturated rings. The number of halogens is 1. The highest BCUT2D eigenvalue weighted by atomic mass is 79.9. The molecule has 0 unspecified atom stereocenters. The zero-order valence-electron chi connectivity index (χ0n) is 7.71. The molecule has 4 heteroatoms. The van der Waals surface area contributed by atoms with Gasteiger partial charge in [-0.3, -0.25) is 0 Å². The van der Waals surface area contributed by atoms with E-state index >= 15 is 0 Å². The molecule has 0 aliphatic rings. The van der Waals surface area contributed by atoms with Crippen molar-refractivity contribution in [3.05, 3.63) is 22.0 Å². The Kier molecular flexibility index (Phi) is 2.65.